The van der Waals surface area contributed by atoms with Crippen LogP contribution in [0.2, 0.25) is 39.3 Å². The molecule has 0 saturated heterocycles. The number of fused-ring (bicyclic) bond motifs is 1. The number of hydrogen-bond donors (Lipinski definition) is 0. The first-order chi connectivity index (χ1) is 11.1. The minimum absolute atomic E-state index is 0.796. The first-order valence-corrected chi connectivity index (χ1v) is 15.3. The predicted molar refractivity (Wildman–Crippen MR) is 110 cm³/mol. The third-order valence-corrected chi connectivity index (χ3v) is 6.64. The van der Waals surface area contributed by atoms with Gasteiger partial charge in [-0.25, -0.2) is 0 Å². The van der Waals surface area contributed by atoms with Gasteiger partial charge in [0.05, 0.1) is 5.52 Å². The molecular formula is C20H26N2Si2. The lowest BCUT2D eigenvalue weighted by Gasteiger charge is -2.18. The van der Waals surface area contributed by atoms with Crippen LogP contribution in [0.3, 0.4) is 0 Å². The van der Waals surface area contributed by atoms with Crippen LogP contribution in [0.1, 0.15) is 11.1 Å². The maximum Gasteiger partial charge on any atom is 0.188 e. The zero-order valence-corrected chi connectivity index (χ0v) is 17.6. The Morgan fingerprint density at radius 2 is 1.83 bits per heavy atom. The van der Waals surface area contributed by atoms with E-state index in [4.69, 9.17) is 0 Å². The molecule has 0 aliphatic rings. The summed E-state index contributed by atoms with van der Waals surface area (Å²) < 4.78 is 1.83. The van der Waals surface area contributed by atoms with Gasteiger partial charge in [0.2, 0.25) is 0 Å². The molecule has 2 aromatic rings. The first-order valence-electron chi connectivity index (χ1n) is 8.30. The number of benzene rings is 1. The van der Waals surface area contributed by atoms with Crippen LogP contribution < -0.4 is 5.32 Å². The molecule has 0 saturated carbocycles. The van der Waals surface area contributed by atoms with Crippen molar-refractivity contribution in [1.29, 1.82) is 5.26 Å². The number of hydrogen-bond acceptors (Lipinski definition) is 1. The van der Waals surface area contributed by atoms with Gasteiger partial charge in [0, 0.05) is 16.3 Å². The van der Waals surface area contributed by atoms with E-state index in [9.17, 15) is 5.26 Å². The summed E-state index contributed by atoms with van der Waals surface area (Å²) in [4.78, 5) is 0. The van der Waals surface area contributed by atoms with Crippen molar-refractivity contribution in [1.82, 2.24) is 4.57 Å². The summed E-state index contributed by atoms with van der Waals surface area (Å²) in [5.41, 5.74) is 6.63. The Morgan fingerprint density at radius 1 is 1.17 bits per heavy atom. The van der Waals surface area contributed by atoms with Crippen LogP contribution in [-0.4, -0.2) is 20.7 Å². The van der Waals surface area contributed by atoms with E-state index in [-0.39, 0.29) is 0 Å². The van der Waals surface area contributed by atoms with E-state index >= 15 is 0 Å². The third-order valence-electron chi connectivity index (χ3n) is 3.81. The molecule has 0 aliphatic carbocycles. The molecule has 0 fully saturated rings. The highest BCUT2D eigenvalue weighted by Crippen LogP contribution is 2.24. The van der Waals surface area contributed by atoms with Gasteiger partial charge in [0.1, 0.15) is 16.1 Å². The average Bonchev–Trinajstić information content (AvgIpc) is 2.78. The summed E-state index contributed by atoms with van der Waals surface area (Å²) in [6, 6.07) is 6.28. The highest BCUT2D eigenvalue weighted by Gasteiger charge is 2.28. The van der Waals surface area contributed by atoms with Crippen molar-refractivity contribution in [2.24, 2.45) is 0 Å². The number of nitriles is 1. The second kappa shape index (κ2) is 6.47. The molecule has 0 N–H and O–H groups in total. The monoisotopic (exact) mass is 350 g/mol. The zero-order valence-electron chi connectivity index (χ0n) is 15.6. The van der Waals surface area contributed by atoms with Crippen molar-refractivity contribution in [2.75, 3.05) is 0 Å². The molecule has 1 aromatic carbocycles. The van der Waals surface area contributed by atoms with E-state index in [1.165, 1.54) is 10.9 Å². The quantitative estimate of drug-likeness (QED) is 0.456. The first kappa shape index (κ1) is 18.3. The van der Waals surface area contributed by atoms with Crippen molar-refractivity contribution in [3.05, 3.63) is 42.0 Å². The Balaban J connectivity index is 2.79. The van der Waals surface area contributed by atoms with Crippen LogP contribution in [0.5, 0.6) is 0 Å². The van der Waals surface area contributed by atoms with Gasteiger partial charge < -0.3 is 0 Å². The van der Waals surface area contributed by atoms with Gasteiger partial charge in [0.25, 0.3) is 0 Å². The molecule has 0 aliphatic heterocycles. The van der Waals surface area contributed by atoms with E-state index in [0.717, 1.165) is 22.9 Å². The van der Waals surface area contributed by atoms with Crippen LogP contribution >= 0.6 is 0 Å². The Labute approximate surface area is 147 Å². The summed E-state index contributed by atoms with van der Waals surface area (Å²) in [5.74, 6) is 3.31. The van der Waals surface area contributed by atoms with Crippen molar-refractivity contribution in [3.8, 4) is 17.7 Å². The van der Waals surface area contributed by atoms with Gasteiger partial charge in [-0.05, 0) is 24.1 Å². The molecule has 0 atom stereocenters. The molecule has 0 amide bonds. The van der Waals surface area contributed by atoms with Gasteiger partial charge in [-0.15, -0.1) is 12.1 Å². The maximum absolute atomic E-state index is 9.79. The lowest BCUT2D eigenvalue weighted by molar-refractivity contribution is 1.16. The Hall–Kier alpha value is -2.02. The second-order valence-electron chi connectivity index (χ2n) is 8.24. The van der Waals surface area contributed by atoms with Crippen LogP contribution in [0, 0.1) is 22.9 Å². The van der Waals surface area contributed by atoms with Gasteiger partial charge in [0.15, 0.2) is 6.19 Å². The van der Waals surface area contributed by atoms with Crippen molar-refractivity contribution in [3.63, 3.8) is 0 Å². The van der Waals surface area contributed by atoms with Crippen molar-refractivity contribution >= 4 is 32.4 Å². The van der Waals surface area contributed by atoms with Crippen LogP contribution in [0.25, 0.3) is 10.9 Å². The van der Waals surface area contributed by atoms with Crippen LogP contribution in [0.15, 0.2) is 30.9 Å². The lowest BCUT2D eigenvalue weighted by Crippen LogP contribution is -2.44. The molecule has 1 heterocycles. The van der Waals surface area contributed by atoms with Crippen molar-refractivity contribution < 1.29 is 0 Å². The topological polar surface area (TPSA) is 28.7 Å². The van der Waals surface area contributed by atoms with Crippen molar-refractivity contribution in [2.45, 2.75) is 45.7 Å². The summed E-state index contributed by atoms with van der Waals surface area (Å²) >= 11 is 0. The van der Waals surface area contributed by atoms with Crippen LogP contribution in [-0.2, 0) is 6.42 Å². The Bertz CT molecular complexity index is 889. The standard InChI is InChI=1S/C20H26N2Si2/c1-8-9-18-17-11-10-16(12-13-23(2,3)4)14-19(17)22(15-21)20(18)24(5,6)7/h8,10-11,14H,1,9H2,2-7H3. The fourth-order valence-electron chi connectivity index (χ4n) is 2.94. The summed E-state index contributed by atoms with van der Waals surface area (Å²) in [6.07, 6.45) is 5.13. The largest absolute Gasteiger partial charge is 0.255 e. The van der Waals surface area contributed by atoms with E-state index in [1.807, 2.05) is 10.6 Å². The molecule has 124 valence electrons. The van der Waals surface area contributed by atoms with E-state index < -0.39 is 16.1 Å². The molecule has 24 heavy (non-hydrogen) atoms. The Kier molecular flexibility index (Phi) is 4.94. The molecule has 2 nitrogen and oxygen atoms in total. The summed E-state index contributed by atoms with van der Waals surface area (Å²) in [6.45, 7) is 17.5. The number of nitrogens with zero attached hydrogens (tertiary/aromatic N) is 2. The average molecular weight is 351 g/mol. The number of rotatable bonds is 3. The molecule has 4 heteroatoms. The van der Waals surface area contributed by atoms with Gasteiger partial charge in [-0.1, -0.05) is 57.3 Å². The number of aromatic nitrogens is 1. The molecule has 0 spiro atoms. The molecule has 0 bridgehead atoms. The van der Waals surface area contributed by atoms with E-state index in [0.29, 0.717) is 0 Å². The van der Waals surface area contributed by atoms with E-state index in [2.05, 4.69) is 81.7 Å². The smallest absolute Gasteiger partial charge is 0.188 e. The minimum atomic E-state index is -1.67. The fraction of sp³-hybridized carbons (Fsp3) is 0.350. The molecule has 2 rings (SSSR count). The lowest BCUT2D eigenvalue weighted by atomic mass is 10.1. The van der Waals surface area contributed by atoms with E-state index in [1.54, 1.807) is 0 Å². The number of allylic oxidation sites excluding steroid dienone is 1. The molecule has 0 unspecified atom stereocenters. The minimum Gasteiger partial charge on any atom is -0.255 e. The van der Waals surface area contributed by atoms with Gasteiger partial charge >= 0.3 is 0 Å². The Morgan fingerprint density at radius 3 is 2.33 bits per heavy atom. The second-order valence-corrected chi connectivity index (χ2v) is 18.0. The molecule has 1 aromatic heterocycles. The highest BCUT2D eigenvalue weighted by molar-refractivity contribution is 6.89. The fourth-order valence-corrected chi connectivity index (χ4v) is 5.44. The molecular weight excluding hydrogens is 324 g/mol. The SMILES string of the molecule is C=CCc1c([Si](C)(C)C)n(C#N)c2cc(C#C[Si](C)(C)C)ccc12. The van der Waals surface area contributed by atoms with Gasteiger partial charge in [-0.3, -0.25) is 4.57 Å². The predicted octanol–water partition coefficient (Wildman–Crippen LogP) is 4.47. The third kappa shape index (κ3) is 3.72. The van der Waals surface area contributed by atoms with Crippen LogP contribution in [0.4, 0.5) is 0 Å². The highest BCUT2D eigenvalue weighted by atomic mass is 28.3. The maximum atomic E-state index is 9.79. The molecule has 0 radical (unpaired) electrons. The van der Waals surface area contributed by atoms with Gasteiger partial charge in [-0.2, -0.15) is 5.26 Å². The summed E-state index contributed by atoms with van der Waals surface area (Å²) in [7, 11) is -3.08. The zero-order chi connectivity index (χ0) is 18.1. The summed E-state index contributed by atoms with van der Waals surface area (Å²) in [5, 5.41) is 12.2. The normalized spacial score (nSPS) is 11.7.